The summed E-state index contributed by atoms with van der Waals surface area (Å²) in [6.45, 7) is 3.51. The number of carbonyl (C=O) groups excluding carboxylic acids is 1. The van der Waals surface area contributed by atoms with Gasteiger partial charge in [0.05, 0.1) is 5.00 Å². The Morgan fingerprint density at radius 1 is 1.38 bits per heavy atom. The van der Waals surface area contributed by atoms with Crippen LogP contribution in [0.5, 0.6) is 0 Å². The van der Waals surface area contributed by atoms with E-state index in [4.69, 9.17) is 0 Å². The molecule has 110 valence electrons. The minimum atomic E-state index is -0.0119. The van der Waals surface area contributed by atoms with Gasteiger partial charge in [-0.15, -0.1) is 11.3 Å². The Kier molecular flexibility index (Phi) is 4.15. The summed E-state index contributed by atoms with van der Waals surface area (Å²) in [7, 11) is 2.15. The molecule has 0 radical (unpaired) electrons. The molecule has 0 saturated carbocycles. The Morgan fingerprint density at radius 3 is 2.76 bits per heavy atom. The van der Waals surface area contributed by atoms with Gasteiger partial charge < -0.3 is 10.2 Å². The van der Waals surface area contributed by atoms with Crippen molar-refractivity contribution in [2.24, 2.45) is 0 Å². The quantitative estimate of drug-likeness (QED) is 0.871. The number of anilines is 1. The van der Waals surface area contributed by atoms with Gasteiger partial charge in [0.1, 0.15) is 0 Å². The van der Waals surface area contributed by atoms with Crippen LogP contribution < -0.4 is 5.32 Å². The van der Waals surface area contributed by atoms with Gasteiger partial charge in [0.25, 0.3) is 0 Å². The zero-order valence-corrected chi connectivity index (χ0v) is 14.4. The predicted octanol–water partition coefficient (Wildman–Crippen LogP) is 4.05. The van der Waals surface area contributed by atoms with Crippen molar-refractivity contribution >= 4 is 38.2 Å². The van der Waals surface area contributed by atoms with Gasteiger partial charge in [-0.25, -0.2) is 0 Å². The average molecular weight is 365 g/mol. The number of nitrogens with zero attached hydrogens (tertiary/aromatic N) is 1. The number of rotatable bonds is 2. The molecule has 3 nitrogen and oxygen atoms in total. The molecule has 1 aromatic heterocycles. The van der Waals surface area contributed by atoms with Crippen LogP contribution in [0.4, 0.5) is 5.00 Å². The third kappa shape index (κ3) is 3.20. The van der Waals surface area contributed by atoms with Gasteiger partial charge in [-0.1, -0.05) is 28.1 Å². The van der Waals surface area contributed by atoms with E-state index >= 15 is 0 Å². The van der Waals surface area contributed by atoms with Crippen molar-refractivity contribution in [1.29, 1.82) is 0 Å². The van der Waals surface area contributed by atoms with Gasteiger partial charge in [-0.05, 0) is 36.4 Å². The number of amides is 1. The Balaban J connectivity index is 1.98. The maximum absolute atomic E-state index is 11.3. The van der Waals surface area contributed by atoms with Crippen molar-refractivity contribution in [2.45, 2.75) is 19.4 Å². The molecular formula is C16H17BrN2OS. The van der Waals surface area contributed by atoms with Crippen LogP contribution in [0, 0.1) is 0 Å². The zero-order chi connectivity index (χ0) is 15.0. The summed E-state index contributed by atoms with van der Waals surface area (Å²) in [6, 6.07) is 10.7. The van der Waals surface area contributed by atoms with E-state index in [9.17, 15) is 4.79 Å². The first kappa shape index (κ1) is 14.8. The van der Waals surface area contributed by atoms with Crippen LogP contribution in [-0.2, 0) is 11.3 Å². The normalized spacial score (nSPS) is 18.3. The van der Waals surface area contributed by atoms with E-state index in [-0.39, 0.29) is 5.91 Å². The minimum Gasteiger partial charge on any atom is -0.318 e. The first-order valence-electron chi connectivity index (χ1n) is 6.87. The lowest BCUT2D eigenvalue weighted by Gasteiger charge is -2.30. The zero-order valence-electron chi connectivity index (χ0n) is 12.0. The van der Waals surface area contributed by atoms with Crippen molar-refractivity contribution in [1.82, 2.24) is 4.90 Å². The molecule has 0 spiro atoms. The maximum atomic E-state index is 11.3. The Morgan fingerprint density at radius 2 is 2.10 bits per heavy atom. The highest BCUT2D eigenvalue weighted by Crippen LogP contribution is 2.40. The third-order valence-electron chi connectivity index (χ3n) is 3.70. The second kappa shape index (κ2) is 5.91. The Bertz CT molecular complexity index is 665. The Hall–Kier alpha value is -1.17. The summed E-state index contributed by atoms with van der Waals surface area (Å²) in [6.07, 6.45) is 0. The molecule has 1 N–H and O–H groups in total. The van der Waals surface area contributed by atoms with E-state index in [2.05, 4.69) is 63.5 Å². The maximum Gasteiger partial charge on any atom is 0.221 e. The number of benzene rings is 1. The lowest BCUT2D eigenvalue weighted by molar-refractivity contribution is -0.114. The number of thiophene rings is 1. The molecule has 2 heterocycles. The van der Waals surface area contributed by atoms with Crippen molar-refractivity contribution < 1.29 is 4.79 Å². The highest BCUT2D eigenvalue weighted by molar-refractivity contribution is 9.10. The summed E-state index contributed by atoms with van der Waals surface area (Å²) in [5.41, 5.74) is 2.67. The minimum absolute atomic E-state index is 0.0119. The fourth-order valence-corrected chi connectivity index (χ4v) is 4.31. The summed E-state index contributed by atoms with van der Waals surface area (Å²) < 4.78 is 1.10. The van der Waals surface area contributed by atoms with Crippen molar-refractivity contribution in [2.75, 3.05) is 18.9 Å². The first-order valence-corrected chi connectivity index (χ1v) is 8.48. The van der Waals surface area contributed by atoms with Crippen LogP contribution in [0.3, 0.4) is 0 Å². The highest BCUT2D eigenvalue weighted by Gasteiger charge is 2.27. The fraction of sp³-hybridized carbons (Fsp3) is 0.312. The molecule has 0 saturated heterocycles. The Labute approximate surface area is 137 Å². The van der Waals surface area contributed by atoms with E-state index in [1.165, 1.54) is 16.0 Å². The second-order valence-electron chi connectivity index (χ2n) is 5.47. The van der Waals surface area contributed by atoms with E-state index in [1.54, 1.807) is 18.3 Å². The standard InChI is InChI=1S/C16H17BrN2OS/c1-10(20)18-16-7-13-14(8-19(2)9-15(13)21-16)11-3-5-12(17)6-4-11/h3-7,14H,8-9H2,1-2H3,(H,18,20). The van der Waals surface area contributed by atoms with Crippen LogP contribution >= 0.6 is 27.3 Å². The molecule has 1 aromatic carbocycles. The van der Waals surface area contributed by atoms with Crippen molar-refractivity contribution in [3.8, 4) is 0 Å². The van der Waals surface area contributed by atoms with Gasteiger partial charge in [-0.2, -0.15) is 0 Å². The van der Waals surface area contributed by atoms with Crippen LogP contribution in [0.2, 0.25) is 0 Å². The van der Waals surface area contributed by atoms with Gasteiger partial charge in [-0.3, -0.25) is 4.79 Å². The van der Waals surface area contributed by atoms with E-state index in [0.717, 1.165) is 22.6 Å². The number of nitrogens with one attached hydrogen (secondary N) is 1. The molecule has 0 bridgehead atoms. The average Bonchev–Trinajstić information content (AvgIpc) is 2.79. The molecule has 5 heteroatoms. The number of fused-ring (bicyclic) bond motifs is 1. The summed E-state index contributed by atoms with van der Waals surface area (Å²) in [4.78, 5) is 14.9. The number of hydrogen-bond acceptors (Lipinski definition) is 3. The van der Waals surface area contributed by atoms with Gasteiger partial charge in [0, 0.05) is 35.3 Å². The first-order chi connectivity index (χ1) is 10.0. The monoisotopic (exact) mass is 364 g/mol. The summed E-state index contributed by atoms with van der Waals surface area (Å²) in [5.74, 6) is 0.354. The summed E-state index contributed by atoms with van der Waals surface area (Å²) in [5, 5.41) is 3.86. The van der Waals surface area contributed by atoms with E-state index < -0.39 is 0 Å². The van der Waals surface area contributed by atoms with Crippen LogP contribution in [0.15, 0.2) is 34.8 Å². The van der Waals surface area contributed by atoms with Crippen molar-refractivity contribution in [3.05, 3.63) is 50.8 Å². The highest BCUT2D eigenvalue weighted by atomic mass is 79.9. The third-order valence-corrected chi connectivity index (χ3v) is 5.28. The van der Waals surface area contributed by atoms with E-state index in [0.29, 0.717) is 5.92 Å². The molecule has 1 amide bonds. The molecule has 1 unspecified atom stereocenters. The van der Waals surface area contributed by atoms with Crippen LogP contribution in [-0.4, -0.2) is 24.4 Å². The largest absolute Gasteiger partial charge is 0.318 e. The molecule has 1 aliphatic heterocycles. The lowest BCUT2D eigenvalue weighted by Crippen LogP contribution is -2.29. The van der Waals surface area contributed by atoms with E-state index in [1.807, 2.05) is 0 Å². The molecule has 1 aliphatic rings. The predicted molar refractivity (Wildman–Crippen MR) is 90.9 cm³/mol. The van der Waals surface area contributed by atoms with Gasteiger partial charge in [0.2, 0.25) is 5.91 Å². The summed E-state index contributed by atoms with van der Waals surface area (Å²) >= 11 is 5.17. The molecular weight excluding hydrogens is 348 g/mol. The SMILES string of the molecule is CC(=O)Nc1cc2c(s1)CN(C)CC2c1ccc(Br)cc1. The molecule has 1 atom stereocenters. The number of carbonyl (C=O) groups is 1. The van der Waals surface area contributed by atoms with Gasteiger partial charge in [0.15, 0.2) is 0 Å². The molecule has 3 rings (SSSR count). The smallest absolute Gasteiger partial charge is 0.221 e. The van der Waals surface area contributed by atoms with Gasteiger partial charge >= 0.3 is 0 Å². The molecule has 0 aliphatic carbocycles. The lowest BCUT2D eigenvalue weighted by atomic mass is 9.89. The van der Waals surface area contributed by atoms with Crippen LogP contribution in [0.25, 0.3) is 0 Å². The van der Waals surface area contributed by atoms with Crippen molar-refractivity contribution in [3.63, 3.8) is 0 Å². The topological polar surface area (TPSA) is 32.3 Å². The van der Waals surface area contributed by atoms with Crippen LogP contribution in [0.1, 0.15) is 28.8 Å². The molecule has 0 fully saturated rings. The second-order valence-corrected chi connectivity index (χ2v) is 7.52. The number of hydrogen-bond donors (Lipinski definition) is 1. The number of halogens is 1. The molecule has 21 heavy (non-hydrogen) atoms. The number of likely N-dealkylation sites (N-methyl/N-ethyl adjacent to an activating group) is 1. The fourth-order valence-electron chi connectivity index (χ4n) is 2.80. The molecule has 2 aromatic rings.